The summed E-state index contributed by atoms with van der Waals surface area (Å²) in [5, 5.41) is 0. The average Bonchev–Trinajstić information content (AvgIpc) is 2.49. The van der Waals surface area contributed by atoms with E-state index >= 15 is 0 Å². The number of ketones is 2. The van der Waals surface area contributed by atoms with Crippen molar-refractivity contribution in [3.05, 3.63) is 70.3 Å². The molecule has 3 heteroatoms. The highest BCUT2D eigenvalue weighted by molar-refractivity contribution is 6.02. The first-order valence-electron chi connectivity index (χ1n) is 7.18. The van der Waals surface area contributed by atoms with Crippen molar-refractivity contribution >= 4 is 17.8 Å². The van der Waals surface area contributed by atoms with Gasteiger partial charge in [0.2, 0.25) is 0 Å². The summed E-state index contributed by atoms with van der Waals surface area (Å²) in [6.07, 6.45) is 1.72. The van der Waals surface area contributed by atoms with Crippen molar-refractivity contribution in [2.45, 2.75) is 20.8 Å². The van der Waals surface area contributed by atoms with Crippen LogP contribution in [0.1, 0.15) is 44.3 Å². The van der Waals surface area contributed by atoms with E-state index in [1.54, 1.807) is 30.5 Å². The number of nitrogens with zero attached hydrogens (tertiary/aromatic N) is 1. The van der Waals surface area contributed by atoms with Crippen molar-refractivity contribution in [2.75, 3.05) is 6.54 Å². The molecule has 0 aliphatic rings. The maximum atomic E-state index is 12.1. The van der Waals surface area contributed by atoms with E-state index in [0.29, 0.717) is 11.1 Å². The van der Waals surface area contributed by atoms with Gasteiger partial charge in [-0.1, -0.05) is 42.0 Å². The molecule has 0 aromatic heterocycles. The zero-order valence-corrected chi connectivity index (χ0v) is 13.1. The third kappa shape index (κ3) is 3.98. The summed E-state index contributed by atoms with van der Waals surface area (Å²) in [5.41, 5.74) is 4.41. The minimum Gasteiger partial charge on any atom is -0.295 e. The highest BCUT2D eigenvalue weighted by Gasteiger charge is 2.07. The number of carbonyl (C=O) groups excluding carboxylic acids is 2. The van der Waals surface area contributed by atoms with Gasteiger partial charge in [0.25, 0.3) is 0 Å². The van der Waals surface area contributed by atoms with Crippen molar-refractivity contribution in [2.24, 2.45) is 4.99 Å². The van der Waals surface area contributed by atoms with Crippen LogP contribution < -0.4 is 0 Å². The molecule has 2 rings (SSSR count). The lowest BCUT2D eigenvalue weighted by atomic mass is 10.0. The zero-order valence-electron chi connectivity index (χ0n) is 13.1. The molecule has 0 saturated carbocycles. The van der Waals surface area contributed by atoms with Crippen molar-refractivity contribution in [1.82, 2.24) is 0 Å². The maximum absolute atomic E-state index is 12.1. The van der Waals surface area contributed by atoms with Crippen LogP contribution in [0.15, 0.2) is 47.5 Å². The fourth-order valence-corrected chi connectivity index (χ4v) is 2.20. The molecular weight excluding hydrogens is 274 g/mol. The lowest BCUT2D eigenvalue weighted by molar-refractivity contribution is 0.100. The predicted octanol–water partition coefficient (Wildman–Crippen LogP) is 3.81. The number of aliphatic imine (C=N–C) groups is 1. The van der Waals surface area contributed by atoms with Gasteiger partial charge >= 0.3 is 0 Å². The standard InChI is InChI=1S/C19H19NO2/c1-13-7-8-18(14(2)9-13)11-20-12-19(22)17-6-4-5-16(10-17)15(3)21/h4-11H,12H2,1-3H3. The second kappa shape index (κ2) is 6.94. The Labute approximate surface area is 130 Å². The molecule has 0 spiro atoms. The van der Waals surface area contributed by atoms with Crippen molar-refractivity contribution in [1.29, 1.82) is 0 Å². The molecule has 0 bridgehead atoms. The topological polar surface area (TPSA) is 46.5 Å². The van der Waals surface area contributed by atoms with Crippen LogP contribution in [-0.4, -0.2) is 24.3 Å². The predicted molar refractivity (Wildman–Crippen MR) is 89.2 cm³/mol. The van der Waals surface area contributed by atoms with E-state index in [4.69, 9.17) is 0 Å². The molecule has 112 valence electrons. The summed E-state index contributed by atoms with van der Waals surface area (Å²) in [7, 11) is 0. The van der Waals surface area contributed by atoms with Gasteiger partial charge in [0.15, 0.2) is 11.6 Å². The van der Waals surface area contributed by atoms with Gasteiger partial charge in [-0.05, 0) is 38.0 Å². The van der Waals surface area contributed by atoms with E-state index in [1.807, 2.05) is 26.0 Å². The van der Waals surface area contributed by atoms with E-state index in [9.17, 15) is 9.59 Å². The molecule has 0 radical (unpaired) electrons. The molecule has 0 N–H and O–H groups in total. The van der Waals surface area contributed by atoms with Gasteiger partial charge in [-0.25, -0.2) is 0 Å². The molecule has 3 nitrogen and oxygen atoms in total. The molecule has 0 atom stereocenters. The lowest BCUT2D eigenvalue weighted by Gasteiger charge is -2.02. The summed E-state index contributed by atoms with van der Waals surface area (Å²) < 4.78 is 0. The van der Waals surface area contributed by atoms with Crippen LogP contribution in [0.25, 0.3) is 0 Å². The molecule has 2 aromatic carbocycles. The second-order valence-electron chi connectivity index (χ2n) is 5.39. The molecular formula is C19H19NO2. The first-order chi connectivity index (χ1) is 10.5. The van der Waals surface area contributed by atoms with E-state index < -0.39 is 0 Å². The molecule has 0 aliphatic carbocycles. The second-order valence-corrected chi connectivity index (χ2v) is 5.39. The van der Waals surface area contributed by atoms with Crippen LogP contribution in [0.5, 0.6) is 0 Å². The Balaban J connectivity index is 2.08. The normalized spacial score (nSPS) is 10.9. The number of benzene rings is 2. The van der Waals surface area contributed by atoms with Crippen LogP contribution >= 0.6 is 0 Å². The number of carbonyl (C=O) groups is 2. The number of aryl methyl sites for hydroxylation is 2. The van der Waals surface area contributed by atoms with Crippen LogP contribution in [0.4, 0.5) is 0 Å². The first-order valence-corrected chi connectivity index (χ1v) is 7.18. The van der Waals surface area contributed by atoms with E-state index in [2.05, 4.69) is 11.1 Å². The van der Waals surface area contributed by atoms with Crippen LogP contribution in [0.3, 0.4) is 0 Å². The number of hydrogen-bond donors (Lipinski definition) is 0. The van der Waals surface area contributed by atoms with E-state index in [0.717, 1.165) is 11.1 Å². The fourth-order valence-electron chi connectivity index (χ4n) is 2.20. The SMILES string of the molecule is CC(=O)c1cccc(C(=O)CN=Cc2ccc(C)cc2C)c1. The molecule has 2 aromatic rings. The number of hydrogen-bond acceptors (Lipinski definition) is 3. The van der Waals surface area contributed by atoms with E-state index in [-0.39, 0.29) is 18.1 Å². The summed E-state index contributed by atoms with van der Waals surface area (Å²) >= 11 is 0. The van der Waals surface area contributed by atoms with Gasteiger partial charge in [-0.3, -0.25) is 14.6 Å². The Morgan fingerprint density at radius 1 is 1.05 bits per heavy atom. The molecule has 0 unspecified atom stereocenters. The third-order valence-electron chi connectivity index (χ3n) is 3.48. The summed E-state index contributed by atoms with van der Waals surface area (Å²) in [5.74, 6) is -0.141. The summed E-state index contributed by atoms with van der Waals surface area (Å²) in [6, 6.07) is 12.9. The summed E-state index contributed by atoms with van der Waals surface area (Å²) in [4.78, 5) is 27.7. The Hall–Kier alpha value is -2.55. The monoisotopic (exact) mass is 293 g/mol. The first kappa shape index (κ1) is 15.8. The molecule has 0 aliphatic heterocycles. The van der Waals surface area contributed by atoms with Crippen molar-refractivity contribution in [3.63, 3.8) is 0 Å². The molecule has 0 heterocycles. The Morgan fingerprint density at radius 2 is 1.77 bits per heavy atom. The third-order valence-corrected chi connectivity index (χ3v) is 3.48. The zero-order chi connectivity index (χ0) is 16.1. The van der Waals surface area contributed by atoms with E-state index in [1.165, 1.54) is 12.5 Å². The molecule has 0 saturated heterocycles. The van der Waals surface area contributed by atoms with Gasteiger partial charge in [0.1, 0.15) is 6.54 Å². The molecule has 0 amide bonds. The highest BCUT2D eigenvalue weighted by atomic mass is 16.1. The number of rotatable bonds is 5. The van der Waals surface area contributed by atoms with Gasteiger partial charge in [0.05, 0.1) is 0 Å². The minimum atomic E-state index is -0.0934. The lowest BCUT2D eigenvalue weighted by Crippen LogP contribution is -2.05. The highest BCUT2D eigenvalue weighted by Crippen LogP contribution is 2.09. The largest absolute Gasteiger partial charge is 0.295 e. The van der Waals surface area contributed by atoms with Crippen LogP contribution in [0.2, 0.25) is 0 Å². The van der Waals surface area contributed by atoms with Gasteiger partial charge in [0, 0.05) is 17.3 Å². The van der Waals surface area contributed by atoms with Gasteiger partial charge in [-0.2, -0.15) is 0 Å². The quantitative estimate of drug-likeness (QED) is 0.621. The molecule has 22 heavy (non-hydrogen) atoms. The summed E-state index contributed by atoms with van der Waals surface area (Å²) in [6.45, 7) is 5.63. The van der Waals surface area contributed by atoms with Crippen molar-refractivity contribution in [3.8, 4) is 0 Å². The van der Waals surface area contributed by atoms with Crippen LogP contribution in [0, 0.1) is 13.8 Å². The Morgan fingerprint density at radius 3 is 2.45 bits per heavy atom. The number of Topliss-reactive ketones (excluding diaryl/α,β-unsaturated/α-hetero) is 2. The average molecular weight is 293 g/mol. The minimum absolute atomic E-state index is 0.0477. The Kier molecular flexibility index (Phi) is 4.99. The van der Waals surface area contributed by atoms with Gasteiger partial charge in [-0.15, -0.1) is 0 Å². The Bertz CT molecular complexity index is 745. The van der Waals surface area contributed by atoms with Crippen LogP contribution in [-0.2, 0) is 0 Å². The smallest absolute Gasteiger partial charge is 0.184 e. The maximum Gasteiger partial charge on any atom is 0.184 e. The van der Waals surface area contributed by atoms with Crippen molar-refractivity contribution < 1.29 is 9.59 Å². The fraction of sp³-hybridized carbons (Fsp3) is 0.211. The molecule has 0 fully saturated rings. The van der Waals surface area contributed by atoms with Gasteiger partial charge < -0.3 is 0 Å².